The van der Waals surface area contributed by atoms with Crippen molar-refractivity contribution in [1.29, 1.82) is 0 Å². The number of halogens is 1. The number of ether oxygens (including phenoxy) is 4. The average molecular weight is 608 g/mol. The molecule has 0 spiro atoms. The van der Waals surface area contributed by atoms with Crippen molar-refractivity contribution in [1.82, 2.24) is 4.57 Å². The van der Waals surface area contributed by atoms with Gasteiger partial charge >= 0.3 is 17.9 Å². The summed E-state index contributed by atoms with van der Waals surface area (Å²) in [5.41, 5.74) is 0.159. The Balaban J connectivity index is 1.39. The highest BCUT2D eigenvalue weighted by atomic mass is 19.1. The van der Waals surface area contributed by atoms with E-state index in [1.165, 1.54) is 29.0 Å². The van der Waals surface area contributed by atoms with Gasteiger partial charge in [-0.3, -0.25) is 9.36 Å². The molecule has 1 saturated heterocycles. The lowest BCUT2D eigenvalue weighted by atomic mass is 10.1. The zero-order chi connectivity index (χ0) is 31.3. The van der Waals surface area contributed by atoms with Crippen LogP contribution in [0.3, 0.4) is 0 Å². The van der Waals surface area contributed by atoms with Crippen LogP contribution in [0.2, 0.25) is 0 Å². The molecule has 0 unspecified atom stereocenters. The third-order valence-corrected chi connectivity index (χ3v) is 7.35. The topological polar surface area (TPSA) is 110 Å². The van der Waals surface area contributed by atoms with E-state index >= 15 is 0 Å². The molecule has 0 radical (unpaired) electrons. The Bertz CT molecular complexity index is 1900. The van der Waals surface area contributed by atoms with Crippen LogP contribution < -0.4 is 5.56 Å². The fourth-order valence-corrected chi connectivity index (χ4v) is 5.12. The minimum Gasteiger partial charge on any atom is -0.459 e. The molecule has 1 fully saturated rings. The van der Waals surface area contributed by atoms with Crippen LogP contribution in [0.5, 0.6) is 0 Å². The first kappa shape index (κ1) is 29.5. The summed E-state index contributed by atoms with van der Waals surface area (Å²) in [6.45, 7) is -0.399. The molecule has 0 amide bonds. The predicted molar refractivity (Wildman–Crippen MR) is 160 cm³/mol. The molecule has 9 nitrogen and oxygen atoms in total. The zero-order valence-corrected chi connectivity index (χ0v) is 23.7. The van der Waals surface area contributed by atoms with Gasteiger partial charge in [-0.2, -0.15) is 0 Å². The summed E-state index contributed by atoms with van der Waals surface area (Å²) < 4.78 is 38.7. The van der Waals surface area contributed by atoms with Crippen LogP contribution in [0.15, 0.2) is 126 Å². The van der Waals surface area contributed by atoms with Gasteiger partial charge in [0.2, 0.25) is 0 Å². The Labute approximate surface area is 256 Å². The van der Waals surface area contributed by atoms with E-state index < -0.39 is 60.4 Å². The van der Waals surface area contributed by atoms with Gasteiger partial charge in [0.15, 0.2) is 18.4 Å². The van der Waals surface area contributed by atoms with Gasteiger partial charge in [-0.1, -0.05) is 54.6 Å². The van der Waals surface area contributed by atoms with Crippen LogP contribution in [0, 0.1) is 5.82 Å². The molecule has 0 bridgehead atoms. The second kappa shape index (κ2) is 12.9. The monoisotopic (exact) mass is 607 g/mol. The van der Waals surface area contributed by atoms with Crippen molar-refractivity contribution in [2.45, 2.75) is 24.5 Å². The second-order valence-corrected chi connectivity index (χ2v) is 10.3. The largest absolute Gasteiger partial charge is 0.459 e. The number of fused-ring (bicyclic) bond motifs is 1. The van der Waals surface area contributed by atoms with E-state index in [2.05, 4.69) is 0 Å². The summed E-state index contributed by atoms with van der Waals surface area (Å²) >= 11 is 0. The number of carbonyl (C=O) groups excluding carboxylic acids is 3. The third-order valence-electron chi connectivity index (χ3n) is 7.35. The van der Waals surface area contributed by atoms with Gasteiger partial charge < -0.3 is 18.9 Å². The van der Waals surface area contributed by atoms with Crippen LogP contribution in [-0.4, -0.2) is 47.4 Å². The number of pyridine rings is 1. The third kappa shape index (κ3) is 6.36. The molecule has 0 saturated carbocycles. The molecule has 226 valence electrons. The number of rotatable bonds is 8. The van der Waals surface area contributed by atoms with E-state index in [0.29, 0.717) is 5.39 Å². The first-order valence-electron chi connectivity index (χ1n) is 14.1. The summed E-state index contributed by atoms with van der Waals surface area (Å²) in [7, 11) is 0. The van der Waals surface area contributed by atoms with Gasteiger partial charge in [-0.25, -0.2) is 18.8 Å². The Morgan fingerprint density at radius 1 is 0.689 bits per heavy atom. The van der Waals surface area contributed by atoms with Crippen molar-refractivity contribution in [2.75, 3.05) is 6.61 Å². The Kier molecular flexibility index (Phi) is 8.47. The van der Waals surface area contributed by atoms with E-state index in [9.17, 15) is 23.6 Å². The Morgan fingerprint density at radius 2 is 1.22 bits per heavy atom. The van der Waals surface area contributed by atoms with E-state index in [0.717, 1.165) is 6.07 Å². The highest BCUT2D eigenvalue weighted by molar-refractivity contribution is 5.91. The first-order chi connectivity index (χ1) is 21.9. The zero-order valence-electron chi connectivity index (χ0n) is 23.7. The highest BCUT2D eigenvalue weighted by Crippen LogP contribution is 2.35. The summed E-state index contributed by atoms with van der Waals surface area (Å²) in [5, 5.41) is 0.542. The van der Waals surface area contributed by atoms with Crippen molar-refractivity contribution in [2.24, 2.45) is 0 Å². The van der Waals surface area contributed by atoms with Crippen LogP contribution in [0.25, 0.3) is 10.8 Å². The molecule has 45 heavy (non-hydrogen) atoms. The fraction of sp³-hybridized carbons (Fsp3) is 0.143. The molecule has 4 aromatic carbocycles. The minimum absolute atomic E-state index is 0.187. The van der Waals surface area contributed by atoms with Gasteiger partial charge in [0.05, 0.1) is 16.7 Å². The summed E-state index contributed by atoms with van der Waals surface area (Å²) in [4.78, 5) is 53.1. The highest BCUT2D eigenvalue weighted by Gasteiger charge is 2.51. The molecule has 1 aliphatic heterocycles. The van der Waals surface area contributed by atoms with Gasteiger partial charge in [-0.05, 0) is 66.0 Å². The SMILES string of the molecule is O=C(OC[C@H]1O[C@@H](n2ccc3cc(F)ccc3c2=O)[C@H](OC(=O)c2ccccc2)[C@H]1OC(=O)c1ccccc1)c1ccccc1. The molecule has 4 atom stereocenters. The Morgan fingerprint density at radius 3 is 1.80 bits per heavy atom. The maximum absolute atomic E-state index is 13.9. The molecule has 0 N–H and O–H groups in total. The summed E-state index contributed by atoms with van der Waals surface area (Å²) in [6.07, 6.45) is -3.75. The lowest BCUT2D eigenvalue weighted by molar-refractivity contribution is -0.0632. The number of esters is 3. The maximum Gasteiger partial charge on any atom is 0.338 e. The lowest BCUT2D eigenvalue weighted by Gasteiger charge is -2.25. The van der Waals surface area contributed by atoms with E-state index in [1.54, 1.807) is 91.0 Å². The maximum atomic E-state index is 13.9. The smallest absolute Gasteiger partial charge is 0.338 e. The number of carbonyl (C=O) groups is 3. The normalized spacial score (nSPS) is 19.1. The van der Waals surface area contributed by atoms with Gasteiger partial charge in [0.1, 0.15) is 18.5 Å². The summed E-state index contributed by atoms with van der Waals surface area (Å²) in [5.74, 6) is -2.67. The lowest BCUT2D eigenvalue weighted by Crippen LogP contribution is -2.42. The van der Waals surface area contributed by atoms with Crippen molar-refractivity contribution >= 4 is 28.7 Å². The van der Waals surface area contributed by atoms with Crippen molar-refractivity contribution in [3.05, 3.63) is 154 Å². The summed E-state index contributed by atoms with van der Waals surface area (Å²) in [6, 6.07) is 29.8. The first-order valence-corrected chi connectivity index (χ1v) is 14.1. The molecule has 5 aromatic rings. The number of aromatic nitrogens is 1. The van der Waals surface area contributed by atoms with Crippen LogP contribution in [0.4, 0.5) is 4.39 Å². The molecular weight excluding hydrogens is 581 g/mol. The number of nitrogens with zero attached hydrogens (tertiary/aromatic N) is 1. The number of hydrogen-bond acceptors (Lipinski definition) is 8. The standard InChI is InChI=1S/C35H26FNO8/c36-26-16-17-27-25(20-26)18-19-37(31(27)38)32-30(45-35(41)24-14-8-3-9-15-24)29(44-34(40)23-12-6-2-7-13-23)28(43-32)21-42-33(39)22-10-4-1-5-11-22/h1-20,28-30,32H,21H2/t28-,29+,30-,32-/m1/s1. The van der Waals surface area contributed by atoms with E-state index in [4.69, 9.17) is 18.9 Å². The average Bonchev–Trinajstić information content (AvgIpc) is 3.40. The number of benzene rings is 4. The van der Waals surface area contributed by atoms with Gasteiger partial charge in [0.25, 0.3) is 5.56 Å². The molecule has 10 heteroatoms. The predicted octanol–water partition coefficient (Wildman–Crippen LogP) is 5.35. The van der Waals surface area contributed by atoms with Gasteiger partial charge in [0, 0.05) is 11.6 Å². The molecule has 1 aliphatic rings. The molecule has 6 rings (SSSR count). The quantitative estimate of drug-likeness (QED) is 0.172. The van der Waals surface area contributed by atoms with Crippen molar-refractivity contribution < 1.29 is 37.7 Å². The Hall–Kier alpha value is -5.61. The van der Waals surface area contributed by atoms with E-state index in [-0.39, 0.29) is 22.1 Å². The molecule has 1 aromatic heterocycles. The van der Waals surface area contributed by atoms with Crippen molar-refractivity contribution in [3.63, 3.8) is 0 Å². The fourth-order valence-electron chi connectivity index (χ4n) is 5.12. The van der Waals surface area contributed by atoms with Crippen molar-refractivity contribution in [3.8, 4) is 0 Å². The molecule has 2 heterocycles. The minimum atomic E-state index is -1.36. The van der Waals surface area contributed by atoms with Crippen LogP contribution in [-0.2, 0) is 18.9 Å². The molecule has 0 aliphatic carbocycles. The van der Waals surface area contributed by atoms with Crippen LogP contribution in [0.1, 0.15) is 37.3 Å². The second-order valence-electron chi connectivity index (χ2n) is 10.3. The van der Waals surface area contributed by atoms with E-state index in [1.807, 2.05) is 0 Å². The molecular formula is C35H26FNO8. The van der Waals surface area contributed by atoms with Crippen LogP contribution >= 0.6 is 0 Å². The van der Waals surface area contributed by atoms with Gasteiger partial charge in [-0.15, -0.1) is 0 Å². The number of hydrogen-bond donors (Lipinski definition) is 0.